The Kier molecular flexibility index (Phi) is 3.74. The summed E-state index contributed by atoms with van der Waals surface area (Å²) in [5, 5.41) is 7.18. The van der Waals surface area contributed by atoms with Crippen molar-refractivity contribution >= 4 is 17.5 Å². The van der Waals surface area contributed by atoms with E-state index in [1.54, 1.807) is 0 Å². The van der Waals surface area contributed by atoms with Gasteiger partial charge in [0.25, 0.3) is 5.95 Å². The molecule has 0 saturated carbocycles. The first-order valence-corrected chi connectivity index (χ1v) is 6.64. The van der Waals surface area contributed by atoms with Crippen LogP contribution in [-0.2, 0) is 6.54 Å². The Morgan fingerprint density at radius 2 is 1.95 bits per heavy atom. The Morgan fingerprint density at radius 3 is 2.67 bits per heavy atom. The monoisotopic (exact) mass is 301 g/mol. The number of hydrogen-bond donors (Lipinski definition) is 1. The molecule has 0 amide bonds. The minimum absolute atomic E-state index is 0.0990. The number of anilines is 1. The summed E-state index contributed by atoms with van der Waals surface area (Å²) in [5.74, 6) is 0.708. The maximum absolute atomic E-state index is 5.91. The lowest BCUT2D eigenvalue weighted by Gasteiger charge is -2.07. The molecule has 0 saturated heterocycles. The fourth-order valence-corrected chi connectivity index (χ4v) is 1.88. The third-order valence-corrected chi connectivity index (χ3v) is 2.96. The highest BCUT2D eigenvalue weighted by Crippen LogP contribution is 2.10. The van der Waals surface area contributed by atoms with Gasteiger partial charge >= 0.3 is 0 Å². The van der Waals surface area contributed by atoms with E-state index in [2.05, 4.69) is 42.5 Å². The Bertz CT molecular complexity index is 725. The van der Waals surface area contributed by atoms with E-state index in [0.29, 0.717) is 18.4 Å². The minimum atomic E-state index is 0.0990. The van der Waals surface area contributed by atoms with Crippen LogP contribution in [0.1, 0.15) is 11.1 Å². The molecule has 1 aromatic carbocycles. The second kappa shape index (κ2) is 5.84. The highest BCUT2D eigenvalue weighted by atomic mass is 35.5. The lowest BCUT2D eigenvalue weighted by molar-refractivity contribution is 0.793. The fourth-order valence-electron chi connectivity index (χ4n) is 1.72. The summed E-state index contributed by atoms with van der Waals surface area (Å²) >= 11 is 5.91. The standard InChI is InChI=1S/C13H12ClN7/c1-9-2-4-10(5-3-9)6-16-12-18-11(14)19-13(20-12)21-8-15-7-17-21/h2-5,7-8H,6H2,1H3,(H,16,18,19,20). The molecule has 1 N–H and O–H groups in total. The van der Waals surface area contributed by atoms with E-state index in [0.717, 1.165) is 5.56 Å². The van der Waals surface area contributed by atoms with Crippen LogP contribution >= 0.6 is 11.6 Å². The Labute approximate surface area is 126 Å². The molecule has 7 nitrogen and oxygen atoms in total. The van der Waals surface area contributed by atoms with E-state index >= 15 is 0 Å². The van der Waals surface area contributed by atoms with Crippen molar-refractivity contribution in [3.8, 4) is 5.95 Å². The van der Waals surface area contributed by atoms with Gasteiger partial charge in [-0.25, -0.2) is 4.98 Å². The van der Waals surface area contributed by atoms with Crippen LogP contribution < -0.4 is 5.32 Å². The van der Waals surface area contributed by atoms with Crippen LogP contribution in [0.15, 0.2) is 36.9 Å². The molecule has 0 fully saturated rings. The zero-order chi connectivity index (χ0) is 14.7. The second-order valence-corrected chi connectivity index (χ2v) is 4.75. The molecule has 21 heavy (non-hydrogen) atoms. The average Bonchev–Trinajstić information content (AvgIpc) is 3.00. The number of hydrogen-bond acceptors (Lipinski definition) is 6. The molecule has 0 aliphatic heterocycles. The summed E-state index contributed by atoms with van der Waals surface area (Å²) in [7, 11) is 0. The van der Waals surface area contributed by atoms with E-state index in [-0.39, 0.29) is 5.28 Å². The highest BCUT2D eigenvalue weighted by molar-refractivity contribution is 6.28. The van der Waals surface area contributed by atoms with Gasteiger partial charge < -0.3 is 5.32 Å². The zero-order valence-corrected chi connectivity index (χ0v) is 12.0. The van der Waals surface area contributed by atoms with E-state index in [1.165, 1.54) is 22.9 Å². The molecular formula is C13H12ClN7. The molecule has 2 heterocycles. The molecule has 0 atom stereocenters. The van der Waals surface area contributed by atoms with Gasteiger partial charge in [0.15, 0.2) is 0 Å². The van der Waals surface area contributed by atoms with Crippen molar-refractivity contribution in [3.63, 3.8) is 0 Å². The largest absolute Gasteiger partial charge is 0.350 e. The van der Waals surface area contributed by atoms with Gasteiger partial charge in [0.05, 0.1) is 0 Å². The Balaban J connectivity index is 1.78. The lowest BCUT2D eigenvalue weighted by Crippen LogP contribution is -2.09. The molecule has 3 aromatic rings. The van der Waals surface area contributed by atoms with E-state index in [9.17, 15) is 0 Å². The second-order valence-electron chi connectivity index (χ2n) is 4.41. The van der Waals surface area contributed by atoms with Gasteiger partial charge in [-0.15, -0.1) is 0 Å². The van der Waals surface area contributed by atoms with Crippen molar-refractivity contribution in [2.75, 3.05) is 5.32 Å². The Morgan fingerprint density at radius 1 is 1.14 bits per heavy atom. The summed E-state index contributed by atoms with van der Waals surface area (Å²) in [6, 6.07) is 8.20. The van der Waals surface area contributed by atoms with Crippen LogP contribution in [-0.4, -0.2) is 29.7 Å². The smallest absolute Gasteiger partial charge is 0.258 e. The molecule has 0 aliphatic rings. The van der Waals surface area contributed by atoms with Crippen LogP contribution in [0.3, 0.4) is 0 Å². The number of benzene rings is 1. The molecule has 0 bridgehead atoms. The van der Waals surface area contributed by atoms with Crippen molar-refractivity contribution in [2.24, 2.45) is 0 Å². The van der Waals surface area contributed by atoms with Gasteiger partial charge in [0, 0.05) is 6.54 Å². The quantitative estimate of drug-likeness (QED) is 0.794. The van der Waals surface area contributed by atoms with Crippen molar-refractivity contribution in [2.45, 2.75) is 13.5 Å². The average molecular weight is 302 g/mol. The van der Waals surface area contributed by atoms with Crippen LogP contribution in [0.4, 0.5) is 5.95 Å². The number of nitrogens with zero attached hydrogens (tertiary/aromatic N) is 6. The summed E-state index contributed by atoms with van der Waals surface area (Å²) in [6.07, 6.45) is 2.90. The summed E-state index contributed by atoms with van der Waals surface area (Å²) in [6.45, 7) is 2.64. The fraction of sp³-hybridized carbons (Fsp3) is 0.154. The molecular weight excluding hydrogens is 290 g/mol. The van der Waals surface area contributed by atoms with Crippen LogP contribution in [0.25, 0.3) is 5.95 Å². The van der Waals surface area contributed by atoms with Crippen LogP contribution in [0.2, 0.25) is 5.28 Å². The number of aryl methyl sites for hydroxylation is 1. The van der Waals surface area contributed by atoms with Crippen molar-refractivity contribution in [1.29, 1.82) is 0 Å². The minimum Gasteiger partial charge on any atom is -0.350 e. The number of rotatable bonds is 4. The molecule has 0 unspecified atom stereocenters. The van der Waals surface area contributed by atoms with Crippen LogP contribution in [0, 0.1) is 6.92 Å². The summed E-state index contributed by atoms with van der Waals surface area (Å²) < 4.78 is 1.42. The zero-order valence-electron chi connectivity index (χ0n) is 11.2. The maximum Gasteiger partial charge on any atom is 0.258 e. The topological polar surface area (TPSA) is 81.4 Å². The first kappa shape index (κ1) is 13.4. The van der Waals surface area contributed by atoms with E-state index in [1.807, 2.05) is 19.1 Å². The van der Waals surface area contributed by atoms with Crippen molar-refractivity contribution in [1.82, 2.24) is 29.7 Å². The third-order valence-electron chi connectivity index (χ3n) is 2.79. The molecule has 8 heteroatoms. The van der Waals surface area contributed by atoms with Gasteiger partial charge in [-0.05, 0) is 24.1 Å². The molecule has 0 aliphatic carbocycles. The first-order valence-electron chi connectivity index (χ1n) is 6.27. The normalized spacial score (nSPS) is 10.6. The van der Waals surface area contributed by atoms with Crippen LogP contribution in [0.5, 0.6) is 0 Å². The first-order chi connectivity index (χ1) is 10.2. The molecule has 3 rings (SSSR count). The van der Waals surface area contributed by atoms with Gasteiger partial charge in [-0.3, -0.25) is 0 Å². The number of nitrogens with one attached hydrogen (secondary N) is 1. The SMILES string of the molecule is Cc1ccc(CNc2nc(Cl)nc(-n3cncn3)n2)cc1. The van der Waals surface area contributed by atoms with E-state index in [4.69, 9.17) is 11.6 Å². The summed E-state index contributed by atoms with van der Waals surface area (Å²) in [4.78, 5) is 16.2. The third kappa shape index (κ3) is 3.32. The number of halogens is 1. The predicted octanol–water partition coefficient (Wildman–Crippen LogP) is 2.03. The predicted molar refractivity (Wildman–Crippen MR) is 78.3 cm³/mol. The highest BCUT2D eigenvalue weighted by Gasteiger charge is 2.07. The van der Waals surface area contributed by atoms with Crippen molar-refractivity contribution < 1.29 is 0 Å². The van der Waals surface area contributed by atoms with Crippen molar-refractivity contribution in [3.05, 3.63) is 53.3 Å². The molecule has 0 radical (unpaired) electrons. The van der Waals surface area contributed by atoms with Gasteiger partial charge in [0.2, 0.25) is 11.2 Å². The molecule has 106 valence electrons. The maximum atomic E-state index is 5.91. The lowest BCUT2D eigenvalue weighted by atomic mass is 10.1. The summed E-state index contributed by atoms with van der Waals surface area (Å²) in [5.41, 5.74) is 2.34. The van der Waals surface area contributed by atoms with Gasteiger partial charge in [-0.2, -0.15) is 24.7 Å². The Hall–Kier alpha value is -2.54. The van der Waals surface area contributed by atoms with Gasteiger partial charge in [-0.1, -0.05) is 29.8 Å². The molecule has 2 aromatic heterocycles. The van der Waals surface area contributed by atoms with Gasteiger partial charge in [0.1, 0.15) is 12.7 Å². The van der Waals surface area contributed by atoms with E-state index < -0.39 is 0 Å². The number of aromatic nitrogens is 6. The molecule has 0 spiro atoms.